The van der Waals surface area contributed by atoms with Crippen LogP contribution in [0.5, 0.6) is 0 Å². The van der Waals surface area contributed by atoms with Crippen molar-refractivity contribution in [2.75, 3.05) is 0 Å². The van der Waals surface area contributed by atoms with Crippen molar-refractivity contribution in [3.05, 3.63) is 60.8 Å². The van der Waals surface area contributed by atoms with Gasteiger partial charge in [-0.3, -0.25) is 13.9 Å². The predicted molar refractivity (Wildman–Crippen MR) is 115 cm³/mol. The fourth-order valence-corrected chi connectivity index (χ4v) is 4.35. The highest BCUT2D eigenvalue weighted by Gasteiger charge is 2.46. The van der Waals surface area contributed by atoms with Crippen molar-refractivity contribution in [1.29, 1.82) is 10.5 Å². The Morgan fingerprint density at radius 2 is 2.09 bits per heavy atom. The number of fused-ring (bicyclic) bond motifs is 1. The average molecular weight is 422 g/mol. The van der Waals surface area contributed by atoms with Gasteiger partial charge < -0.3 is 5.73 Å². The second kappa shape index (κ2) is 7.33. The molecule has 0 bridgehead atoms. The molecule has 0 atom stereocenters. The predicted octanol–water partition coefficient (Wildman–Crippen LogP) is 2.90. The van der Waals surface area contributed by atoms with E-state index >= 15 is 0 Å². The molecule has 9 heteroatoms. The lowest BCUT2D eigenvalue weighted by Gasteiger charge is -2.43. The molecule has 1 saturated carbocycles. The Kier molecular flexibility index (Phi) is 4.46. The van der Waals surface area contributed by atoms with E-state index in [0.717, 1.165) is 22.5 Å². The number of hydrogen-bond donors (Lipinski definition) is 1. The first-order chi connectivity index (χ1) is 15.5. The van der Waals surface area contributed by atoms with Gasteiger partial charge >= 0.3 is 0 Å². The Bertz CT molecular complexity index is 1430. The Balaban J connectivity index is 1.59. The molecule has 0 unspecified atom stereocenters. The smallest absolute Gasteiger partial charge is 0.267 e. The number of rotatable bonds is 5. The van der Waals surface area contributed by atoms with Gasteiger partial charge in [-0.2, -0.15) is 15.6 Å². The molecule has 0 aromatic carbocycles. The molecule has 9 nitrogen and oxygen atoms in total. The summed E-state index contributed by atoms with van der Waals surface area (Å²) in [6.45, 7) is 0. The zero-order valence-electron chi connectivity index (χ0n) is 17.0. The summed E-state index contributed by atoms with van der Waals surface area (Å²) in [5.74, 6) is -0.641. The number of pyridine rings is 2. The normalized spacial score (nSPS) is 19.8. The molecule has 1 aliphatic rings. The fraction of sp³-hybridized carbons (Fsp3) is 0.217. The van der Waals surface area contributed by atoms with Crippen molar-refractivity contribution in [1.82, 2.24) is 24.1 Å². The number of nitrogens with two attached hydrogens (primary N) is 1. The molecule has 1 fully saturated rings. The molecule has 0 saturated heterocycles. The Morgan fingerprint density at radius 3 is 2.84 bits per heavy atom. The summed E-state index contributed by atoms with van der Waals surface area (Å²) in [5.41, 5.74) is 8.94. The van der Waals surface area contributed by atoms with Gasteiger partial charge in [0.1, 0.15) is 11.3 Å². The summed E-state index contributed by atoms with van der Waals surface area (Å²) in [4.78, 5) is 20.4. The number of nitriles is 2. The molecule has 4 heterocycles. The summed E-state index contributed by atoms with van der Waals surface area (Å²) < 4.78 is 3.76. The largest absolute Gasteiger partial charge is 0.364 e. The third-order valence-electron chi connectivity index (χ3n) is 6.01. The maximum absolute atomic E-state index is 11.6. The molecule has 4 aromatic rings. The van der Waals surface area contributed by atoms with E-state index in [-0.39, 0.29) is 11.6 Å². The van der Waals surface area contributed by atoms with Crippen LogP contribution in [-0.4, -0.2) is 30.1 Å². The van der Waals surface area contributed by atoms with E-state index < -0.39 is 11.4 Å². The lowest BCUT2D eigenvalue weighted by atomic mass is 9.67. The minimum absolute atomic E-state index is 0.0525. The summed E-state index contributed by atoms with van der Waals surface area (Å²) in [6.07, 6.45) is 8.77. The number of imidazole rings is 1. The maximum Gasteiger partial charge on any atom is 0.267 e. The SMILES string of the molecule is N#CC[C@]1(n2cc(-c3cc(-c4cccc(C(N)=O)n4)cc4nccn34)cn2)C[C@@H](C#N)C1. The first kappa shape index (κ1) is 19.5. The molecule has 5 rings (SSSR count). The van der Waals surface area contributed by atoms with Gasteiger partial charge in [0.05, 0.1) is 47.6 Å². The number of carbonyl (C=O) groups is 1. The number of nitrogens with zero attached hydrogens (tertiary/aromatic N) is 7. The first-order valence-electron chi connectivity index (χ1n) is 10.1. The van der Waals surface area contributed by atoms with E-state index in [1.54, 1.807) is 24.5 Å². The fourth-order valence-electron chi connectivity index (χ4n) is 4.35. The molecule has 1 aliphatic carbocycles. The number of hydrogen-bond acceptors (Lipinski definition) is 6. The highest BCUT2D eigenvalue weighted by Crippen LogP contribution is 2.46. The summed E-state index contributed by atoms with van der Waals surface area (Å²) >= 11 is 0. The van der Waals surface area contributed by atoms with Crippen LogP contribution < -0.4 is 5.73 Å². The van der Waals surface area contributed by atoms with E-state index in [2.05, 4.69) is 27.2 Å². The second-order valence-corrected chi connectivity index (χ2v) is 8.02. The van der Waals surface area contributed by atoms with Gasteiger partial charge in [-0.05, 0) is 37.1 Å². The van der Waals surface area contributed by atoms with Crippen molar-refractivity contribution in [2.24, 2.45) is 11.7 Å². The van der Waals surface area contributed by atoms with Crippen molar-refractivity contribution in [3.63, 3.8) is 0 Å². The number of primary amides is 1. The van der Waals surface area contributed by atoms with E-state index in [0.29, 0.717) is 25.0 Å². The maximum atomic E-state index is 11.6. The van der Waals surface area contributed by atoms with Crippen molar-refractivity contribution < 1.29 is 4.79 Å². The molecule has 0 radical (unpaired) electrons. The van der Waals surface area contributed by atoms with Crippen LogP contribution in [0.4, 0.5) is 0 Å². The summed E-state index contributed by atoms with van der Waals surface area (Å²) in [5, 5.41) is 23.1. The van der Waals surface area contributed by atoms with Crippen molar-refractivity contribution >= 4 is 11.6 Å². The topological polar surface area (TPSA) is 139 Å². The van der Waals surface area contributed by atoms with Crippen molar-refractivity contribution in [3.8, 4) is 34.7 Å². The zero-order chi connectivity index (χ0) is 22.3. The van der Waals surface area contributed by atoms with Gasteiger partial charge in [-0.25, -0.2) is 9.97 Å². The van der Waals surface area contributed by atoms with E-state index in [1.807, 2.05) is 39.7 Å². The molecule has 1 amide bonds. The molecular formula is C23H18N8O. The number of amides is 1. The quantitative estimate of drug-likeness (QED) is 0.525. The van der Waals surface area contributed by atoms with Crippen LogP contribution >= 0.6 is 0 Å². The zero-order valence-corrected chi connectivity index (χ0v) is 17.0. The number of carbonyl (C=O) groups excluding carboxylic acids is 1. The van der Waals surface area contributed by atoms with E-state index in [9.17, 15) is 15.3 Å². The monoisotopic (exact) mass is 422 g/mol. The van der Waals surface area contributed by atoms with Gasteiger partial charge in [-0.1, -0.05) is 6.07 Å². The Hall–Kier alpha value is -4.50. The third-order valence-corrected chi connectivity index (χ3v) is 6.01. The molecule has 32 heavy (non-hydrogen) atoms. The van der Waals surface area contributed by atoms with Crippen LogP contribution in [0.3, 0.4) is 0 Å². The molecule has 156 valence electrons. The van der Waals surface area contributed by atoms with Crippen LogP contribution in [0.25, 0.3) is 28.2 Å². The van der Waals surface area contributed by atoms with E-state index in [4.69, 9.17) is 5.73 Å². The summed E-state index contributed by atoms with van der Waals surface area (Å²) in [7, 11) is 0. The standard InChI is InChI=1S/C23H18N8O/c24-5-4-23(10-15(11-23)12-25)31-14-17(13-28-31)20-8-16(9-21-27-6-7-30(20)21)18-2-1-3-19(29-18)22(26)32/h1-3,6-9,13-15H,4,10-11H2,(H2,26,32)/t15-,23+. The van der Waals surface area contributed by atoms with Crippen LogP contribution in [-0.2, 0) is 5.54 Å². The average Bonchev–Trinajstić information content (AvgIpc) is 3.45. The van der Waals surface area contributed by atoms with Crippen LogP contribution in [0.1, 0.15) is 29.8 Å². The molecule has 0 spiro atoms. The molecule has 2 N–H and O–H groups in total. The summed E-state index contributed by atoms with van der Waals surface area (Å²) in [6, 6.07) is 13.5. The minimum Gasteiger partial charge on any atom is -0.364 e. The Labute approximate surface area is 183 Å². The van der Waals surface area contributed by atoms with Gasteiger partial charge in [-0.15, -0.1) is 0 Å². The van der Waals surface area contributed by atoms with Gasteiger partial charge in [0.15, 0.2) is 0 Å². The molecule has 0 aliphatic heterocycles. The van der Waals surface area contributed by atoms with Gasteiger partial charge in [0.2, 0.25) is 0 Å². The van der Waals surface area contributed by atoms with Crippen LogP contribution in [0, 0.1) is 28.6 Å². The van der Waals surface area contributed by atoms with Crippen LogP contribution in [0.15, 0.2) is 55.1 Å². The molecular weight excluding hydrogens is 404 g/mol. The highest BCUT2D eigenvalue weighted by molar-refractivity contribution is 5.91. The second-order valence-electron chi connectivity index (χ2n) is 8.02. The number of aromatic nitrogens is 5. The van der Waals surface area contributed by atoms with E-state index in [1.165, 1.54) is 0 Å². The Morgan fingerprint density at radius 1 is 1.25 bits per heavy atom. The lowest BCUT2D eigenvalue weighted by Crippen LogP contribution is -2.46. The van der Waals surface area contributed by atoms with Gasteiger partial charge in [0, 0.05) is 29.7 Å². The molecule has 4 aromatic heterocycles. The minimum atomic E-state index is -0.589. The van der Waals surface area contributed by atoms with Crippen LogP contribution in [0.2, 0.25) is 0 Å². The lowest BCUT2D eigenvalue weighted by molar-refractivity contribution is 0.0881. The third kappa shape index (κ3) is 3.08. The highest BCUT2D eigenvalue weighted by atomic mass is 16.1. The first-order valence-corrected chi connectivity index (χ1v) is 10.1. The van der Waals surface area contributed by atoms with Gasteiger partial charge in [0.25, 0.3) is 5.91 Å². The van der Waals surface area contributed by atoms with Crippen molar-refractivity contribution in [2.45, 2.75) is 24.8 Å².